The molecule has 10 aromatic rings. The van der Waals surface area contributed by atoms with Gasteiger partial charge in [0.15, 0.2) is 23.3 Å². The van der Waals surface area contributed by atoms with Gasteiger partial charge in [-0.2, -0.15) is 19.9 Å². The maximum atomic E-state index is 6.24. The van der Waals surface area contributed by atoms with Crippen LogP contribution in [0.4, 0.5) is 0 Å². The second-order valence-electron chi connectivity index (χ2n) is 14.3. The Morgan fingerprint density at radius 2 is 0.339 bits per heavy atom. The molecule has 0 saturated heterocycles. The van der Waals surface area contributed by atoms with Crippen molar-refractivity contribution in [2.24, 2.45) is 0 Å². The molecule has 0 radical (unpaired) electrons. The highest BCUT2D eigenvalue weighted by Gasteiger charge is 2.12. The summed E-state index contributed by atoms with van der Waals surface area (Å²) in [6.45, 7) is 0. The summed E-state index contributed by atoms with van der Waals surface area (Å²) in [6.07, 6.45) is 0. The molecule has 0 aliphatic heterocycles. The fourth-order valence-electron chi connectivity index (χ4n) is 6.99. The summed E-state index contributed by atoms with van der Waals surface area (Å²) in [4.78, 5) is 26.7. The highest BCUT2D eigenvalue weighted by atomic mass is 35.5. The van der Waals surface area contributed by atoms with E-state index in [0.717, 1.165) is 44.5 Å². The monoisotopic (exact) mass is 838 g/mol. The molecule has 0 fully saturated rings. The Morgan fingerprint density at radius 3 is 0.532 bits per heavy atom. The number of hydrogen-bond donors (Lipinski definition) is 0. The predicted molar refractivity (Wildman–Crippen MR) is 253 cm³/mol. The summed E-state index contributed by atoms with van der Waals surface area (Å²) in [5.41, 5.74) is 12.8. The predicted octanol–water partition coefficient (Wildman–Crippen LogP) is 14.4. The van der Waals surface area contributed by atoms with Crippen LogP contribution in [-0.4, -0.2) is 29.9 Å². The van der Waals surface area contributed by atoms with Crippen molar-refractivity contribution in [2.45, 2.75) is 0 Å². The zero-order valence-corrected chi connectivity index (χ0v) is 34.7. The van der Waals surface area contributed by atoms with E-state index in [1.807, 2.05) is 121 Å². The number of halogens is 2. The summed E-state index contributed by atoms with van der Waals surface area (Å²) in [7, 11) is 0. The smallest absolute Gasteiger partial charge is 0.208 e. The molecule has 2 aromatic heterocycles. The standard InChI is InChI=1S/2C27H18ClN3/c2*28-27-30-25(23-15-11-21(12-16-23)19-7-3-1-4-8-19)29-26(31-27)24-17-13-22(14-18-24)20-9-5-2-6-10-20/h2*1-18H. The first-order valence-corrected chi connectivity index (χ1v) is 20.7. The third-order valence-electron chi connectivity index (χ3n) is 10.2. The summed E-state index contributed by atoms with van der Waals surface area (Å²) in [5.74, 6) is 2.23. The van der Waals surface area contributed by atoms with E-state index in [9.17, 15) is 0 Å². The second-order valence-corrected chi connectivity index (χ2v) is 15.0. The number of nitrogens with zero attached hydrogens (tertiary/aromatic N) is 6. The summed E-state index contributed by atoms with van der Waals surface area (Å²) in [6, 6.07) is 73.6. The van der Waals surface area contributed by atoms with E-state index in [0.29, 0.717) is 23.3 Å². The molecule has 0 aliphatic rings. The molecule has 0 saturated carbocycles. The Hall–Kier alpha value is -7.64. The van der Waals surface area contributed by atoms with Gasteiger partial charge in [0.1, 0.15) is 0 Å². The Bertz CT molecular complexity index is 2610. The number of aromatic nitrogens is 6. The first-order valence-electron chi connectivity index (χ1n) is 20.0. The molecule has 0 bridgehead atoms. The highest BCUT2D eigenvalue weighted by molar-refractivity contribution is 6.28. The van der Waals surface area contributed by atoms with Crippen molar-refractivity contribution in [3.63, 3.8) is 0 Å². The van der Waals surface area contributed by atoms with Crippen LogP contribution in [0.2, 0.25) is 10.6 Å². The third kappa shape index (κ3) is 9.53. The molecule has 0 amide bonds. The van der Waals surface area contributed by atoms with Crippen molar-refractivity contribution in [3.8, 4) is 90.1 Å². The van der Waals surface area contributed by atoms with E-state index < -0.39 is 0 Å². The van der Waals surface area contributed by atoms with Crippen molar-refractivity contribution < 1.29 is 0 Å². The van der Waals surface area contributed by atoms with Crippen LogP contribution >= 0.6 is 23.2 Å². The van der Waals surface area contributed by atoms with Gasteiger partial charge in [-0.25, -0.2) is 9.97 Å². The lowest BCUT2D eigenvalue weighted by Crippen LogP contribution is -1.97. The Morgan fingerprint density at radius 1 is 0.177 bits per heavy atom. The molecular formula is C54H36Cl2N6. The van der Waals surface area contributed by atoms with Gasteiger partial charge < -0.3 is 0 Å². The van der Waals surface area contributed by atoms with E-state index in [1.165, 1.54) is 22.3 Å². The van der Waals surface area contributed by atoms with Crippen LogP contribution in [0.1, 0.15) is 0 Å². The van der Waals surface area contributed by atoms with Gasteiger partial charge >= 0.3 is 0 Å². The Labute approximate surface area is 370 Å². The topological polar surface area (TPSA) is 77.3 Å². The zero-order valence-electron chi connectivity index (χ0n) is 33.2. The van der Waals surface area contributed by atoms with Gasteiger partial charge in [0.25, 0.3) is 0 Å². The fourth-order valence-corrected chi connectivity index (χ4v) is 7.31. The molecule has 10 rings (SSSR count). The Kier molecular flexibility index (Phi) is 12.0. The molecule has 8 aromatic carbocycles. The molecule has 0 unspecified atom stereocenters. The molecule has 6 nitrogen and oxygen atoms in total. The molecular weight excluding hydrogens is 804 g/mol. The van der Waals surface area contributed by atoms with Gasteiger partial charge in [0.05, 0.1) is 0 Å². The lowest BCUT2D eigenvalue weighted by atomic mass is 10.0. The third-order valence-corrected chi connectivity index (χ3v) is 10.6. The highest BCUT2D eigenvalue weighted by Crippen LogP contribution is 2.29. The minimum atomic E-state index is 0.180. The van der Waals surface area contributed by atoms with Crippen molar-refractivity contribution in [2.75, 3.05) is 0 Å². The zero-order chi connectivity index (χ0) is 42.1. The van der Waals surface area contributed by atoms with Gasteiger partial charge in [0.2, 0.25) is 10.6 Å². The van der Waals surface area contributed by atoms with E-state index in [1.54, 1.807) is 0 Å². The van der Waals surface area contributed by atoms with Crippen LogP contribution in [0.3, 0.4) is 0 Å². The second kappa shape index (κ2) is 18.7. The van der Waals surface area contributed by atoms with Gasteiger partial charge in [-0.15, -0.1) is 0 Å². The van der Waals surface area contributed by atoms with E-state index in [-0.39, 0.29) is 10.6 Å². The van der Waals surface area contributed by atoms with Crippen LogP contribution in [0.15, 0.2) is 218 Å². The molecule has 0 spiro atoms. The minimum absolute atomic E-state index is 0.180. The molecule has 296 valence electrons. The van der Waals surface area contributed by atoms with E-state index in [4.69, 9.17) is 23.2 Å². The normalized spacial score (nSPS) is 10.7. The van der Waals surface area contributed by atoms with Crippen molar-refractivity contribution in [3.05, 3.63) is 229 Å². The number of hydrogen-bond acceptors (Lipinski definition) is 6. The van der Waals surface area contributed by atoms with E-state index in [2.05, 4.69) is 127 Å². The average Bonchev–Trinajstić information content (AvgIpc) is 3.35. The minimum Gasteiger partial charge on any atom is -0.208 e. The summed E-state index contributed by atoms with van der Waals surface area (Å²) < 4.78 is 0. The van der Waals surface area contributed by atoms with Gasteiger partial charge in [0, 0.05) is 22.3 Å². The number of rotatable bonds is 8. The molecule has 0 aliphatic carbocycles. The van der Waals surface area contributed by atoms with Crippen LogP contribution in [0.5, 0.6) is 0 Å². The fraction of sp³-hybridized carbons (Fsp3) is 0. The maximum absolute atomic E-state index is 6.24. The number of benzene rings is 8. The Balaban J connectivity index is 0.000000158. The summed E-state index contributed by atoms with van der Waals surface area (Å²) >= 11 is 12.5. The molecule has 8 heteroatoms. The molecule has 62 heavy (non-hydrogen) atoms. The molecule has 2 heterocycles. The molecule has 0 N–H and O–H groups in total. The van der Waals surface area contributed by atoms with Gasteiger partial charge in [-0.05, 0) is 67.7 Å². The van der Waals surface area contributed by atoms with Crippen molar-refractivity contribution in [1.82, 2.24) is 29.9 Å². The molecule has 0 atom stereocenters. The van der Waals surface area contributed by atoms with Crippen LogP contribution in [0.25, 0.3) is 90.1 Å². The van der Waals surface area contributed by atoms with Crippen molar-refractivity contribution >= 4 is 23.2 Å². The van der Waals surface area contributed by atoms with Gasteiger partial charge in [-0.3, -0.25) is 0 Å². The largest absolute Gasteiger partial charge is 0.226 e. The van der Waals surface area contributed by atoms with Gasteiger partial charge in [-0.1, -0.05) is 218 Å². The van der Waals surface area contributed by atoms with Crippen LogP contribution in [0, 0.1) is 0 Å². The van der Waals surface area contributed by atoms with Crippen molar-refractivity contribution in [1.29, 1.82) is 0 Å². The van der Waals surface area contributed by atoms with E-state index >= 15 is 0 Å². The van der Waals surface area contributed by atoms with Crippen LogP contribution < -0.4 is 0 Å². The lowest BCUT2D eigenvalue weighted by molar-refractivity contribution is 1.07. The first kappa shape index (κ1) is 39.8. The quantitative estimate of drug-likeness (QED) is 0.152. The SMILES string of the molecule is Clc1nc(-c2ccc(-c3ccccc3)cc2)nc(-c2ccc(-c3ccccc3)cc2)n1.Clc1nc(-c2ccc(-c3ccccc3)cc2)nc(-c2ccc(-c3ccccc3)cc2)n1. The maximum Gasteiger partial charge on any atom is 0.226 e. The lowest BCUT2D eigenvalue weighted by Gasteiger charge is -2.07. The average molecular weight is 840 g/mol. The first-order chi connectivity index (χ1) is 30.5. The van der Waals surface area contributed by atoms with Crippen LogP contribution in [-0.2, 0) is 0 Å². The summed E-state index contributed by atoms with van der Waals surface area (Å²) in [5, 5.41) is 0.360.